The van der Waals surface area contributed by atoms with Gasteiger partial charge in [0.2, 0.25) is 0 Å². The van der Waals surface area contributed by atoms with E-state index in [4.69, 9.17) is 0 Å². The molecule has 0 atom stereocenters. The predicted molar refractivity (Wildman–Crippen MR) is 57.6 cm³/mol. The molecule has 0 amide bonds. The number of carbonyl (C=O) groups is 1. The van der Waals surface area contributed by atoms with Gasteiger partial charge in [0.1, 0.15) is 0 Å². The lowest BCUT2D eigenvalue weighted by Gasteiger charge is -2.05. The van der Waals surface area contributed by atoms with E-state index >= 15 is 0 Å². The number of rotatable bonds is 2. The molecule has 0 spiro atoms. The van der Waals surface area contributed by atoms with Gasteiger partial charge in [0, 0.05) is 5.56 Å². The van der Waals surface area contributed by atoms with E-state index < -0.39 is 12.0 Å². The Morgan fingerprint density at radius 2 is 1.81 bits per heavy atom. The topological polar surface area (TPSA) is 17.1 Å². The maximum atomic E-state index is 12.0. The third-order valence-corrected chi connectivity index (χ3v) is 1.85. The molecule has 0 aromatic heterocycles. The zero-order valence-electron chi connectivity index (χ0n) is 9.56. The van der Waals surface area contributed by atoms with Crippen LogP contribution in [-0.2, 0) is 6.42 Å². The molecule has 0 fully saturated rings. The number of carbonyl (C=O) groups excluding carboxylic acids is 1. The van der Waals surface area contributed by atoms with Gasteiger partial charge in [-0.2, -0.15) is 13.2 Å². The lowest BCUT2D eigenvalue weighted by Crippen LogP contribution is -2.22. The Labute approximate surface area is 93.3 Å². The highest BCUT2D eigenvalue weighted by molar-refractivity contribution is 6.00. The van der Waals surface area contributed by atoms with Crippen LogP contribution in [0, 0.1) is 0 Å². The van der Waals surface area contributed by atoms with E-state index in [2.05, 4.69) is 0 Å². The van der Waals surface area contributed by atoms with Crippen LogP contribution in [0.2, 0.25) is 0 Å². The second kappa shape index (κ2) is 6.30. The zero-order chi connectivity index (χ0) is 12.8. The third-order valence-electron chi connectivity index (χ3n) is 1.85. The van der Waals surface area contributed by atoms with E-state index in [9.17, 15) is 18.0 Å². The Hall–Kier alpha value is -1.32. The quantitative estimate of drug-likeness (QED) is 0.704. The molecule has 1 aromatic rings. The van der Waals surface area contributed by atoms with Crippen LogP contribution < -0.4 is 0 Å². The van der Waals surface area contributed by atoms with Crippen molar-refractivity contribution in [3.63, 3.8) is 0 Å². The highest BCUT2D eigenvalue weighted by Crippen LogP contribution is 2.21. The summed E-state index contributed by atoms with van der Waals surface area (Å²) in [5.74, 6) is -1.78. The Kier molecular flexibility index (Phi) is 5.78. The first-order chi connectivity index (χ1) is 7.45. The lowest BCUT2D eigenvalue weighted by molar-refractivity contribution is -0.0885. The summed E-state index contributed by atoms with van der Waals surface area (Å²) in [4.78, 5) is 10.8. The Balaban J connectivity index is 0.00000106. The summed E-state index contributed by atoms with van der Waals surface area (Å²) in [5.41, 5.74) is 0.428. The number of Topliss-reactive ketones (excluding diaryl/α,β-unsaturated/α-hetero) is 1. The molecule has 90 valence electrons. The van der Waals surface area contributed by atoms with E-state index in [1.165, 1.54) is 18.2 Å². The van der Waals surface area contributed by atoms with Crippen molar-refractivity contribution in [1.29, 1.82) is 0 Å². The Bertz CT molecular complexity index is 342. The molecule has 0 saturated heterocycles. The van der Waals surface area contributed by atoms with Gasteiger partial charge in [0.25, 0.3) is 5.78 Å². The van der Waals surface area contributed by atoms with Gasteiger partial charge in [-0.3, -0.25) is 4.79 Å². The van der Waals surface area contributed by atoms with Crippen molar-refractivity contribution in [3.05, 3.63) is 35.4 Å². The molecule has 0 aliphatic heterocycles. The monoisotopic (exact) mass is 232 g/mol. The average molecular weight is 232 g/mol. The molecule has 0 N–H and O–H groups in total. The number of hydrogen-bond acceptors (Lipinski definition) is 1. The third kappa shape index (κ3) is 4.04. The maximum absolute atomic E-state index is 12.0. The minimum Gasteiger partial charge on any atom is -0.284 e. The van der Waals surface area contributed by atoms with Gasteiger partial charge in [-0.15, -0.1) is 0 Å². The van der Waals surface area contributed by atoms with Crippen LogP contribution in [0.3, 0.4) is 0 Å². The molecule has 1 rings (SSSR count). The van der Waals surface area contributed by atoms with Gasteiger partial charge in [-0.1, -0.05) is 39.0 Å². The van der Waals surface area contributed by atoms with Crippen molar-refractivity contribution < 1.29 is 18.0 Å². The summed E-state index contributed by atoms with van der Waals surface area (Å²) >= 11 is 0. The molecule has 4 heteroatoms. The Morgan fingerprint density at radius 3 is 2.25 bits per heavy atom. The van der Waals surface area contributed by atoms with E-state index in [0.717, 1.165) is 5.56 Å². The fourth-order valence-electron chi connectivity index (χ4n) is 1.10. The molecule has 1 nitrogen and oxygen atoms in total. The van der Waals surface area contributed by atoms with Gasteiger partial charge < -0.3 is 0 Å². The van der Waals surface area contributed by atoms with Crippen molar-refractivity contribution in [2.45, 2.75) is 33.4 Å². The second-order valence-corrected chi connectivity index (χ2v) is 2.88. The van der Waals surface area contributed by atoms with Gasteiger partial charge in [-0.25, -0.2) is 0 Å². The maximum Gasteiger partial charge on any atom is 0.454 e. The van der Waals surface area contributed by atoms with Crippen LogP contribution in [-0.4, -0.2) is 12.0 Å². The largest absolute Gasteiger partial charge is 0.454 e. The van der Waals surface area contributed by atoms with Crippen molar-refractivity contribution in [2.75, 3.05) is 0 Å². The molecule has 1 aromatic carbocycles. The fourth-order valence-corrected chi connectivity index (χ4v) is 1.10. The minimum absolute atomic E-state index is 0.295. The average Bonchev–Trinajstić information content (AvgIpc) is 2.29. The van der Waals surface area contributed by atoms with Crippen LogP contribution in [0.1, 0.15) is 36.7 Å². The molecular weight excluding hydrogens is 217 g/mol. The van der Waals surface area contributed by atoms with Crippen molar-refractivity contribution in [1.82, 2.24) is 0 Å². The van der Waals surface area contributed by atoms with Gasteiger partial charge in [-0.05, 0) is 18.1 Å². The van der Waals surface area contributed by atoms with Crippen molar-refractivity contribution in [2.24, 2.45) is 0 Å². The van der Waals surface area contributed by atoms with Crippen molar-refractivity contribution >= 4 is 5.78 Å². The number of alkyl halides is 3. The molecular formula is C12H15F3O. The van der Waals surface area contributed by atoms with Crippen LogP contribution in [0.25, 0.3) is 0 Å². The van der Waals surface area contributed by atoms with Crippen LogP contribution >= 0.6 is 0 Å². The summed E-state index contributed by atoms with van der Waals surface area (Å²) in [6.45, 7) is 5.82. The lowest BCUT2D eigenvalue weighted by atomic mass is 10.1. The molecule has 0 heterocycles. The molecule has 0 bridgehead atoms. The zero-order valence-corrected chi connectivity index (χ0v) is 9.56. The number of aryl methyl sites for hydroxylation is 1. The van der Waals surface area contributed by atoms with Gasteiger partial charge in [0.15, 0.2) is 0 Å². The highest BCUT2D eigenvalue weighted by atomic mass is 19.4. The molecule has 0 unspecified atom stereocenters. The summed E-state index contributed by atoms with van der Waals surface area (Å²) in [7, 11) is 0. The summed E-state index contributed by atoms with van der Waals surface area (Å²) in [5, 5.41) is 0. The highest BCUT2D eigenvalue weighted by Gasteiger charge is 2.39. The molecule has 0 aliphatic rings. The summed E-state index contributed by atoms with van der Waals surface area (Å²) in [6.07, 6.45) is -4.18. The number of ketones is 1. The molecule has 0 radical (unpaired) electrons. The molecule has 0 aliphatic carbocycles. The standard InChI is InChI=1S/C10H9F3O.C2H6/c1-2-7-4-3-5-8(6-7)9(14)10(11,12)13;1-2/h3-6H,2H2,1H3;1-2H3. The van der Waals surface area contributed by atoms with E-state index in [1.807, 2.05) is 20.8 Å². The van der Waals surface area contributed by atoms with Crippen LogP contribution in [0.5, 0.6) is 0 Å². The van der Waals surface area contributed by atoms with Crippen LogP contribution in [0.15, 0.2) is 24.3 Å². The van der Waals surface area contributed by atoms with E-state index in [0.29, 0.717) is 6.42 Å². The Morgan fingerprint density at radius 1 is 1.25 bits per heavy atom. The normalized spacial score (nSPS) is 10.4. The number of halogens is 3. The van der Waals surface area contributed by atoms with E-state index in [1.54, 1.807) is 6.07 Å². The summed E-state index contributed by atoms with van der Waals surface area (Å²) < 4.78 is 36.1. The number of benzene rings is 1. The van der Waals surface area contributed by atoms with Gasteiger partial charge >= 0.3 is 6.18 Å². The van der Waals surface area contributed by atoms with Crippen LogP contribution in [0.4, 0.5) is 13.2 Å². The van der Waals surface area contributed by atoms with Gasteiger partial charge in [0.05, 0.1) is 0 Å². The fraction of sp³-hybridized carbons (Fsp3) is 0.417. The summed E-state index contributed by atoms with van der Waals surface area (Å²) in [6, 6.07) is 5.59. The smallest absolute Gasteiger partial charge is 0.284 e. The first-order valence-electron chi connectivity index (χ1n) is 5.15. The first kappa shape index (κ1) is 14.7. The second-order valence-electron chi connectivity index (χ2n) is 2.88. The SMILES string of the molecule is CC.CCc1cccc(C(=O)C(F)(F)F)c1. The predicted octanol–water partition coefficient (Wildman–Crippen LogP) is 4.02. The van der Waals surface area contributed by atoms with Crippen molar-refractivity contribution in [3.8, 4) is 0 Å². The minimum atomic E-state index is -4.79. The number of hydrogen-bond donors (Lipinski definition) is 0. The molecule has 0 saturated carbocycles. The van der Waals surface area contributed by atoms with E-state index in [-0.39, 0.29) is 5.56 Å². The molecule has 16 heavy (non-hydrogen) atoms. The first-order valence-corrected chi connectivity index (χ1v) is 5.15.